The predicted octanol–water partition coefficient (Wildman–Crippen LogP) is 5.04. The second-order valence-corrected chi connectivity index (χ2v) is 7.36. The third-order valence-electron chi connectivity index (χ3n) is 6.83. The first kappa shape index (κ1) is 11.5. The maximum atomic E-state index is 15.8. The molecule has 1 heteroatoms. The molecule has 0 heterocycles. The Hall–Kier alpha value is -0.330. The van der Waals surface area contributed by atoms with Crippen molar-refractivity contribution in [2.75, 3.05) is 0 Å². The first-order valence-corrected chi connectivity index (χ1v) is 8.07. The molecule has 4 aliphatic carbocycles. The molecule has 0 aliphatic heterocycles. The molecule has 100 valence electrons. The largest absolute Gasteiger partial charge is 0.243 e. The summed E-state index contributed by atoms with van der Waals surface area (Å²) in [5, 5.41) is 0. The quantitative estimate of drug-likeness (QED) is 0.527. The number of fused-ring (bicyclic) bond motifs is 5. The Morgan fingerprint density at radius 2 is 1.94 bits per heavy atom. The summed E-state index contributed by atoms with van der Waals surface area (Å²) in [5.41, 5.74) is 2.26. The minimum Gasteiger partial charge on any atom is -0.243 e. The second kappa shape index (κ2) is 3.84. The molecule has 0 N–H and O–H groups in total. The molecule has 0 bridgehead atoms. The van der Waals surface area contributed by atoms with Crippen LogP contribution in [0.2, 0.25) is 0 Å². The Bertz CT molecular complexity index is 396. The molecule has 4 rings (SSSR count). The molecule has 0 aromatic rings. The summed E-state index contributed by atoms with van der Waals surface area (Å²) in [4.78, 5) is 0. The maximum Gasteiger partial charge on any atom is 0.120 e. The van der Waals surface area contributed by atoms with Crippen molar-refractivity contribution < 1.29 is 4.39 Å². The predicted molar refractivity (Wildman–Crippen MR) is 72.1 cm³/mol. The molecule has 0 radical (unpaired) electrons. The number of allylic oxidation sites excluding steroid dienone is 2. The van der Waals surface area contributed by atoms with Crippen molar-refractivity contribution in [3.05, 3.63) is 11.1 Å². The molecule has 18 heavy (non-hydrogen) atoms. The van der Waals surface area contributed by atoms with E-state index in [1.165, 1.54) is 49.7 Å². The van der Waals surface area contributed by atoms with Gasteiger partial charge in [0.15, 0.2) is 0 Å². The summed E-state index contributed by atoms with van der Waals surface area (Å²) in [6, 6.07) is 0. The molecule has 0 nitrogen and oxygen atoms in total. The van der Waals surface area contributed by atoms with Gasteiger partial charge in [-0.1, -0.05) is 24.0 Å². The van der Waals surface area contributed by atoms with Gasteiger partial charge >= 0.3 is 0 Å². The van der Waals surface area contributed by atoms with Gasteiger partial charge in [-0.25, -0.2) is 4.39 Å². The Morgan fingerprint density at radius 3 is 2.83 bits per heavy atom. The van der Waals surface area contributed by atoms with Gasteiger partial charge in [-0.05, 0) is 69.6 Å². The van der Waals surface area contributed by atoms with E-state index in [4.69, 9.17) is 0 Å². The molecule has 0 saturated heterocycles. The van der Waals surface area contributed by atoms with E-state index in [2.05, 4.69) is 6.92 Å². The Morgan fingerprint density at radius 1 is 1.06 bits per heavy atom. The number of rotatable bonds is 0. The van der Waals surface area contributed by atoms with Crippen molar-refractivity contribution in [1.29, 1.82) is 0 Å². The van der Waals surface area contributed by atoms with E-state index in [0.29, 0.717) is 11.8 Å². The third-order valence-corrected chi connectivity index (χ3v) is 6.83. The van der Waals surface area contributed by atoms with Gasteiger partial charge in [-0.15, -0.1) is 0 Å². The van der Waals surface area contributed by atoms with Gasteiger partial charge in [-0.2, -0.15) is 0 Å². The number of halogens is 1. The van der Waals surface area contributed by atoms with Crippen LogP contribution >= 0.6 is 0 Å². The van der Waals surface area contributed by atoms with E-state index in [-0.39, 0.29) is 0 Å². The summed E-state index contributed by atoms with van der Waals surface area (Å²) < 4.78 is 15.8. The molecule has 3 saturated carbocycles. The highest BCUT2D eigenvalue weighted by Gasteiger charge is 2.57. The lowest BCUT2D eigenvalue weighted by Crippen LogP contribution is -2.51. The summed E-state index contributed by atoms with van der Waals surface area (Å²) in [6.45, 7) is 2.25. The lowest BCUT2D eigenvalue weighted by Gasteiger charge is -2.51. The highest BCUT2D eigenvalue weighted by Crippen LogP contribution is 2.61. The summed E-state index contributed by atoms with van der Waals surface area (Å²) in [6.07, 6.45) is 10.8. The molecule has 5 atom stereocenters. The average molecular weight is 248 g/mol. The fourth-order valence-corrected chi connectivity index (χ4v) is 6.01. The summed E-state index contributed by atoms with van der Waals surface area (Å²) >= 11 is 0. The molecular weight excluding hydrogens is 223 g/mol. The minimum atomic E-state index is -0.809. The van der Waals surface area contributed by atoms with E-state index in [1.807, 2.05) is 0 Å². The normalized spacial score (nSPS) is 51.0. The van der Waals surface area contributed by atoms with E-state index in [0.717, 1.165) is 31.1 Å². The van der Waals surface area contributed by atoms with Gasteiger partial charge in [0.2, 0.25) is 0 Å². The maximum absolute atomic E-state index is 15.8. The van der Waals surface area contributed by atoms with Gasteiger partial charge < -0.3 is 0 Å². The van der Waals surface area contributed by atoms with Crippen LogP contribution in [0.25, 0.3) is 0 Å². The third kappa shape index (κ3) is 1.37. The molecule has 0 aromatic carbocycles. The number of hydrogen-bond donors (Lipinski definition) is 0. The highest BCUT2D eigenvalue weighted by atomic mass is 19.1. The summed E-state index contributed by atoms with van der Waals surface area (Å²) in [5.74, 6) is 2.36. The fourth-order valence-electron chi connectivity index (χ4n) is 6.01. The first-order valence-electron chi connectivity index (χ1n) is 8.07. The van der Waals surface area contributed by atoms with Crippen LogP contribution in [0, 0.1) is 23.7 Å². The van der Waals surface area contributed by atoms with Crippen molar-refractivity contribution >= 4 is 0 Å². The van der Waals surface area contributed by atoms with Gasteiger partial charge in [-0.3, -0.25) is 0 Å². The molecule has 5 unspecified atom stereocenters. The monoisotopic (exact) mass is 248 g/mol. The van der Waals surface area contributed by atoms with Crippen LogP contribution < -0.4 is 0 Å². The van der Waals surface area contributed by atoms with Crippen LogP contribution in [-0.2, 0) is 0 Å². The molecule has 4 aliphatic rings. The van der Waals surface area contributed by atoms with E-state index >= 15 is 4.39 Å². The van der Waals surface area contributed by atoms with E-state index in [9.17, 15) is 0 Å². The van der Waals surface area contributed by atoms with Gasteiger partial charge in [0.25, 0.3) is 0 Å². The zero-order valence-electron chi connectivity index (χ0n) is 11.6. The van der Waals surface area contributed by atoms with Crippen LogP contribution in [0.5, 0.6) is 0 Å². The molecule has 3 fully saturated rings. The SMILES string of the molecule is CC1=C2CCC3C4CCCC4CCC3(F)C2CC1. The zero-order valence-corrected chi connectivity index (χ0v) is 11.6. The topological polar surface area (TPSA) is 0 Å². The van der Waals surface area contributed by atoms with Gasteiger partial charge in [0, 0.05) is 5.92 Å². The highest BCUT2D eigenvalue weighted by molar-refractivity contribution is 5.29. The number of hydrogen-bond acceptors (Lipinski definition) is 0. The molecule has 0 spiro atoms. The van der Waals surface area contributed by atoms with Crippen LogP contribution in [0.15, 0.2) is 11.1 Å². The van der Waals surface area contributed by atoms with Crippen molar-refractivity contribution in [3.63, 3.8) is 0 Å². The Labute approximate surface area is 110 Å². The first-order chi connectivity index (χ1) is 8.70. The Kier molecular flexibility index (Phi) is 2.45. The summed E-state index contributed by atoms with van der Waals surface area (Å²) in [7, 11) is 0. The van der Waals surface area contributed by atoms with Crippen molar-refractivity contribution in [3.8, 4) is 0 Å². The van der Waals surface area contributed by atoms with Crippen molar-refractivity contribution in [2.45, 2.75) is 70.4 Å². The van der Waals surface area contributed by atoms with Crippen molar-refractivity contribution in [1.82, 2.24) is 0 Å². The smallest absolute Gasteiger partial charge is 0.120 e. The van der Waals surface area contributed by atoms with Crippen LogP contribution in [0.3, 0.4) is 0 Å². The van der Waals surface area contributed by atoms with Crippen LogP contribution in [-0.4, -0.2) is 5.67 Å². The van der Waals surface area contributed by atoms with Gasteiger partial charge in [0.05, 0.1) is 0 Å². The second-order valence-electron chi connectivity index (χ2n) is 7.36. The van der Waals surface area contributed by atoms with Crippen molar-refractivity contribution in [2.24, 2.45) is 23.7 Å². The van der Waals surface area contributed by atoms with Gasteiger partial charge in [0.1, 0.15) is 5.67 Å². The lowest BCUT2D eigenvalue weighted by molar-refractivity contribution is -0.0695. The molecular formula is C17H25F. The molecule has 0 aromatic heterocycles. The van der Waals surface area contributed by atoms with E-state index < -0.39 is 5.67 Å². The Balaban J connectivity index is 1.70. The zero-order chi connectivity index (χ0) is 12.3. The standard InChI is InChI=1S/C17H25F/c1-11-5-7-15-13(11)6-8-16-14-4-2-3-12(14)9-10-17(15,16)18/h12,14-16H,2-10H2,1H3. The van der Waals surface area contributed by atoms with Crippen LogP contribution in [0.1, 0.15) is 64.7 Å². The van der Waals surface area contributed by atoms with Crippen LogP contribution in [0.4, 0.5) is 4.39 Å². The number of alkyl halides is 1. The molecule has 0 amide bonds. The fraction of sp³-hybridized carbons (Fsp3) is 0.882. The van der Waals surface area contributed by atoms with E-state index in [1.54, 1.807) is 0 Å². The minimum absolute atomic E-state index is 0.317. The average Bonchev–Trinajstić information content (AvgIpc) is 2.96. The lowest BCUT2D eigenvalue weighted by atomic mass is 9.56.